The average molecular weight is 539 g/mol. The number of aliphatic imine (C=N–C) groups is 1. The Hall–Kier alpha value is -2.29. The lowest BCUT2D eigenvalue weighted by Gasteiger charge is -2.20. The fourth-order valence-electron chi connectivity index (χ4n) is 3.80. The van der Waals surface area contributed by atoms with Crippen LogP contribution in [-0.2, 0) is 10.0 Å². The number of hydrogen-bond acceptors (Lipinski definition) is 5. The molecule has 34 heavy (non-hydrogen) atoms. The lowest BCUT2D eigenvalue weighted by atomic mass is 9.95. The first-order valence-electron chi connectivity index (χ1n) is 10.5. The van der Waals surface area contributed by atoms with E-state index in [1.54, 1.807) is 0 Å². The highest BCUT2D eigenvalue weighted by atomic mass is 35.5. The maximum absolute atomic E-state index is 12.6. The molecule has 3 aromatic rings. The van der Waals surface area contributed by atoms with Gasteiger partial charge in [0, 0.05) is 16.1 Å². The largest absolute Gasteiger partial charge is 0.493 e. The Morgan fingerprint density at radius 1 is 0.971 bits per heavy atom. The van der Waals surface area contributed by atoms with Crippen LogP contribution in [0, 0.1) is 0 Å². The highest BCUT2D eigenvalue weighted by Crippen LogP contribution is 2.40. The summed E-state index contributed by atoms with van der Waals surface area (Å²) in [6, 6.07) is 17.4. The van der Waals surface area contributed by atoms with Crippen molar-refractivity contribution in [2.24, 2.45) is 4.99 Å². The second kappa shape index (κ2) is 10.1. The van der Waals surface area contributed by atoms with E-state index in [0.717, 1.165) is 11.1 Å². The molecule has 178 valence electrons. The molecular formula is C24H22Cl3N3O3S. The number of nitrogens with zero attached hydrogens (tertiary/aromatic N) is 1. The van der Waals surface area contributed by atoms with Crippen molar-refractivity contribution in [2.45, 2.75) is 23.9 Å². The molecule has 0 amide bonds. The fraction of sp³-hybridized carbons (Fsp3) is 0.208. The van der Waals surface area contributed by atoms with Crippen molar-refractivity contribution in [1.82, 2.24) is 10.0 Å². The van der Waals surface area contributed by atoms with E-state index in [2.05, 4.69) is 10.0 Å². The third-order valence-corrected chi connectivity index (χ3v) is 7.85. The third kappa shape index (κ3) is 5.04. The molecule has 0 spiro atoms. The lowest BCUT2D eigenvalue weighted by Crippen LogP contribution is -2.26. The Labute approximate surface area is 214 Å². The number of nitrogens with one attached hydrogen (secondary N) is 2. The third-order valence-electron chi connectivity index (χ3n) is 5.46. The molecule has 3 aromatic carbocycles. The summed E-state index contributed by atoms with van der Waals surface area (Å²) in [6.07, 6.45) is 0. The molecule has 0 aliphatic carbocycles. The highest BCUT2D eigenvalue weighted by Gasteiger charge is 2.34. The summed E-state index contributed by atoms with van der Waals surface area (Å²) in [7, 11) is -2.47. The molecule has 2 unspecified atom stereocenters. The zero-order valence-corrected chi connectivity index (χ0v) is 21.4. The monoisotopic (exact) mass is 537 g/mol. The van der Waals surface area contributed by atoms with Gasteiger partial charge < -0.3 is 10.1 Å². The molecule has 1 aliphatic heterocycles. The summed E-state index contributed by atoms with van der Waals surface area (Å²) in [5, 5.41) is 4.77. The highest BCUT2D eigenvalue weighted by molar-refractivity contribution is 7.89. The fourth-order valence-corrected chi connectivity index (χ4v) is 5.32. The predicted octanol–water partition coefficient (Wildman–Crippen LogP) is 5.79. The minimum atomic E-state index is -3.80. The van der Waals surface area contributed by atoms with E-state index in [4.69, 9.17) is 44.5 Å². The average Bonchev–Trinajstić information content (AvgIpc) is 3.25. The van der Waals surface area contributed by atoms with Gasteiger partial charge in [0.2, 0.25) is 10.0 Å². The van der Waals surface area contributed by atoms with Crippen LogP contribution in [0.5, 0.6) is 5.75 Å². The molecule has 2 atom stereocenters. The Kier molecular flexibility index (Phi) is 7.40. The SMILES string of the molecule is CCOc1cc(Cl)c(S(=O)(=O)NC)cc1C1=NC(c2ccc(Cl)cc2)C(c2ccc(Cl)cc2)N1. The van der Waals surface area contributed by atoms with E-state index in [9.17, 15) is 8.42 Å². The van der Waals surface area contributed by atoms with Gasteiger partial charge in [-0.05, 0) is 55.4 Å². The molecule has 0 fully saturated rings. The van der Waals surface area contributed by atoms with Crippen LogP contribution in [0.15, 0.2) is 70.6 Å². The molecule has 10 heteroatoms. The molecule has 0 radical (unpaired) electrons. The van der Waals surface area contributed by atoms with Crippen LogP contribution in [0.3, 0.4) is 0 Å². The van der Waals surface area contributed by atoms with Crippen LogP contribution in [0.4, 0.5) is 0 Å². The lowest BCUT2D eigenvalue weighted by molar-refractivity contribution is 0.339. The van der Waals surface area contributed by atoms with Gasteiger partial charge in [-0.1, -0.05) is 59.1 Å². The van der Waals surface area contributed by atoms with Crippen molar-refractivity contribution in [2.75, 3.05) is 13.7 Å². The number of rotatable bonds is 7. The topological polar surface area (TPSA) is 79.8 Å². The van der Waals surface area contributed by atoms with Gasteiger partial charge in [0.05, 0.1) is 23.2 Å². The molecule has 0 bridgehead atoms. The number of benzene rings is 3. The summed E-state index contributed by atoms with van der Waals surface area (Å²) in [5.74, 6) is 0.924. The van der Waals surface area contributed by atoms with Gasteiger partial charge in [-0.25, -0.2) is 13.1 Å². The first-order valence-corrected chi connectivity index (χ1v) is 13.1. The summed E-state index contributed by atoms with van der Waals surface area (Å²) < 4.78 is 33.2. The van der Waals surface area contributed by atoms with E-state index < -0.39 is 10.0 Å². The van der Waals surface area contributed by atoms with Crippen molar-refractivity contribution in [3.63, 3.8) is 0 Å². The number of ether oxygens (including phenoxy) is 1. The number of sulfonamides is 1. The minimum absolute atomic E-state index is 0.0578. The van der Waals surface area contributed by atoms with Crippen molar-refractivity contribution in [3.05, 3.63) is 92.4 Å². The van der Waals surface area contributed by atoms with Crippen LogP contribution in [0.25, 0.3) is 0 Å². The van der Waals surface area contributed by atoms with Crippen molar-refractivity contribution in [1.29, 1.82) is 0 Å². The first kappa shape index (κ1) is 24.8. The van der Waals surface area contributed by atoms with Crippen LogP contribution in [0.2, 0.25) is 15.1 Å². The van der Waals surface area contributed by atoms with Crippen LogP contribution in [-0.4, -0.2) is 27.9 Å². The smallest absolute Gasteiger partial charge is 0.241 e. The summed E-state index contributed by atoms with van der Waals surface area (Å²) in [6.45, 7) is 2.21. The molecule has 0 saturated heterocycles. The predicted molar refractivity (Wildman–Crippen MR) is 137 cm³/mol. The minimum Gasteiger partial charge on any atom is -0.493 e. The number of halogens is 3. The summed E-state index contributed by atoms with van der Waals surface area (Å²) >= 11 is 18.5. The molecule has 0 aromatic heterocycles. The van der Waals surface area contributed by atoms with Crippen molar-refractivity contribution in [3.8, 4) is 5.75 Å². The molecule has 1 aliphatic rings. The molecule has 1 heterocycles. The maximum atomic E-state index is 12.6. The summed E-state index contributed by atoms with van der Waals surface area (Å²) in [4.78, 5) is 4.89. The van der Waals surface area contributed by atoms with E-state index in [-0.39, 0.29) is 22.0 Å². The standard InChI is InChI=1S/C24H22Cl3N3O3S/c1-3-33-20-13-19(27)21(34(31,32)28-2)12-18(20)24-29-22(14-4-8-16(25)9-5-14)23(30-24)15-6-10-17(26)11-7-15/h4-13,22-23,28H,3H2,1-2H3,(H,29,30). The Balaban J connectivity index is 1.86. The van der Waals surface area contributed by atoms with Gasteiger partial charge in [-0.3, -0.25) is 4.99 Å². The van der Waals surface area contributed by atoms with E-state index in [1.807, 2.05) is 55.5 Å². The van der Waals surface area contributed by atoms with Gasteiger partial charge in [-0.2, -0.15) is 0 Å². The second-order valence-corrected chi connectivity index (χ2v) is 10.7. The van der Waals surface area contributed by atoms with Gasteiger partial charge in [-0.15, -0.1) is 0 Å². The van der Waals surface area contributed by atoms with E-state index >= 15 is 0 Å². The molecule has 2 N–H and O–H groups in total. The van der Waals surface area contributed by atoms with Crippen molar-refractivity contribution >= 4 is 50.7 Å². The zero-order valence-electron chi connectivity index (χ0n) is 18.3. The first-order chi connectivity index (χ1) is 16.2. The van der Waals surface area contributed by atoms with Crippen LogP contribution >= 0.6 is 34.8 Å². The molecule has 6 nitrogen and oxygen atoms in total. The second-order valence-electron chi connectivity index (χ2n) is 7.57. The van der Waals surface area contributed by atoms with Crippen LogP contribution < -0.4 is 14.8 Å². The van der Waals surface area contributed by atoms with Gasteiger partial charge in [0.15, 0.2) is 0 Å². The Bertz CT molecular complexity index is 1330. The van der Waals surface area contributed by atoms with Gasteiger partial charge >= 0.3 is 0 Å². The maximum Gasteiger partial charge on any atom is 0.241 e. The quantitative estimate of drug-likeness (QED) is 0.399. The molecular weight excluding hydrogens is 517 g/mol. The zero-order chi connectivity index (χ0) is 24.5. The van der Waals surface area contributed by atoms with Gasteiger partial charge in [0.1, 0.15) is 22.5 Å². The van der Waals surface area contributed by atoms with E-state index in [1.165, 1.54) is 19.2 Å². The number of amidine groups is 1. The van der Waals surface area contributed by atoms with Crippen LogP contribution in [0.1, 0.15) is 35.7 Å². The molecule has 4 rings (SSSR count). The van der Waals surface area contributed by atoms with Gasteiger partial charge in [0.25, 0.3) is 0 Å². The Morgan fingerprint density at radius 2 is 1.56 bits per heavy atom. The Morgan fingerprint density at radius 3 is 2.12 bits per heavy atom. The normalized spacial score (nSPS) is 17.9. The van der Waals surface area contributed by atoms with Crippen molar-refractivity contribution < 1.29 is 13.2 Å². The molecule has 0 saturated carbocycles. The number of hydrogen-bond donors (Lipinski definition) is 2. The summed E-state index contributed by atoms with van der Waals surface area (Å²) in [5.41, 5.74) is 2.41. The van der Waals surface area contributed by atoms with E-state index in [0.29, 0.717) is 33.8 Å².